The Kier molecular flexibility index (Phi) is 6.63. The van der Waals surface area contributed by atoms with Gasteiger partial charge in [0.1, 0.15) is 23.2 Å². The number of carbonyl (C=O) groups excluding carboxylic acids is 1. The van der Waals surface area contributed by atoms with Crippen LogP contribution in [-0.2, 0) is 4.79 Å². The van der Waals surface area contributed by atoms with Crippen LogP contribution in [0.3, 0.4) is 0 Å². The van der Waals surface area contributed by atoms with Gasteiger partial charge in [-0.05, 0) is 49.4 Å². The summed E-state index contributed by atoms with van der Waals surface area (Å²) in [6.07, 6.45) is 1.64. The first kappa shape index (κ1) is 17.8. The Balaban J connectivity index is 0.000000647. The summed E-state index contributed by atoms with van der Waals surface area (Å²) in [6, 6.07) is 33.0. The van der Waals surface area contributed by atoms with Gasteiger partial charge in [-0.15, -0.1) is 0 Å². The van der Waals surface area contributed by atoms with E-state index in [4.69, 9.17) is 10.2 Å². The second-order valence-corrected chi connectivity index (χ2v) is 9.03. The molecule has 0 fully saturated rings. The summed E-state index contributed by atoms with van der Waals surface area (Å²) in [6.45, 7) is 2.32. The number of hydrogen-bond donors (Lipinski definition) is 0. The minimum Gasteiger partial charge on any atom is -0.724 e. The number of benzene rings is 3. The van der Waals surface area contributed by atoms with E-state index in [9.17, 15) is 0 Å². The average Bonchev–Trinajstić information content (AvgIpc) is 2.66. The summed E-state index contributed by atoms with van der Waals surface area (Å²) < 4.78 is 0. The van der Waals surface area contributed by atoms with Gasteiger partial charge >= 0.3 is 0 Å². The van der Waals surface area contributed by atoms with E-state index < -0.39 is 7.26 Å². The summed E-state index contributed by atoms with van der Waals surface area (Å²) in [5.74, 6) is 0. The molecular weight excluding hydrogens is 313 g/mol. The predicted octanol–water partition coefficient (Wildman–Crippen LogP) is 3.89. The van der Waals surface area contributed by atoms with Gasteiger partial charge in [-0.2, -0.15) is 0 Å². The highest BCUT2D eigenvalue weighted by atomic mass is 31.2. The fourth-order valence-corrected chi connectivity index (χ4v) is 7.08. The van der Waals surface area contributed by atoms with E-state index in [0.717, 1.165) is 6.16 Å². The Bertz CT molecular complexity index is 670. The molecule has 0 atom stereocenters. The molecule has 3 aromatic rings. The second kappa shape index (κ2) is 8.93. The SMILES string of the molecule is CC[P+](c1ccccc1)(c1ccccc1)c1ccccc1.[N-]=C=O. The van der Waals surface area contributed by atoms with Gasteiger partial charge in [0.2, 0.25) is 0 Å². The van der Waals surface area contributed by atoms with E-state index in [1.165, 1.54) is 15.9 Å². The second-order valence-electron chi connectivity index (χ2n) is 5.22. The van der Waals surface area contributed by atoms with E-state index in [1.54, 1.807) is 0 Å². The van der Waals surface area contributed by atoms with Crippen LogP contribution in [0, 0.1) is 0 Å². The van der Waals surface area contributed by atoms with Crippen molar-refractivity contribution in [2.75, 3.05) is 6.16 Å². The molecule has 0 saturated heterocycles. The third-order valence-electron chi connectivity index (χ3n) is 4.07. The number of isocyanates is 1. The molecule has 0 aromatic heterocycles. The van der Waals surface area contributed by atoms with E-state index in [2.05, 4.69) is 97.9 Å². The minimum atomic E-state index is -1.53. The molecule has 0 aliphatic carbocycles. The van der Waals surface area contributed by atoms with E-state index in [1.807, 2.05) is 0 Å². The molecule has 0 heterocycles. The maximum absolute atomic E-state index is 8.24. The summed E-state index contributed by atoms with van der Waals surface area (Å²) in [4.78, 5) is 8.24. The largest absolute Gasteiger partial charge is 0.724 e. The van der Waals surface area contributed by atoms with Gasteiger partial charge in [-0.3, -0.25) is 4.79 Å². The quantitative estimate of drug-likeness (QED) is 0.405. The maximum atomic E-state index is 8.24. The van der Waals surface area contributed by atoms with Gasteiger partial charge < -0.3 is 5.41 Å². The third-order valence-corrected chi connectivity index (χ3v) is 8.55. The van der Waals surface area contributed by atoms with Crippen LogP contribution in [-0.4, -0.2) is 12.2 Å². The Morgan fingerprint density at radius 1 is 0.708 bits per heavy atom. The van der Waals surface area contributed by atoms with Crippen molar-refractivity contribution in [3.8, 4) is 0 Å². The normalized spacial score (nSPS) is 10.2. The minimum absolute atomic E-state index is 0.500. The van der Waals surface area contributed by atoms with Gasteiger partial charge in [0, 0.05) is 0 Å². The Morgan fingerprint density at radius 3 is 1.17 bits per heavy atom. The lowest BCUT2D eigenvalue weighted by Gasteiger charge is -2.26. The number of hydrogen-bond acceptors (Lipinski definition) is 1. The molecule has 3 aromatic carbocycles. The first-order valence-corrected chi connectivity index (χ1v) is 9.83. The Hall–Kier alpha value is -2.53. The first-order valence-electron chi connectivity index (χ1n) is 7.85. The standard InChI is InChI=1S/C20H20P.CNO/c1-2-21(18-12-6-3-7-13-18,19-14-8-4-9-15-19)20-16-10-5-11-17-20;2-1-3/h3-17H,2H2,1H3;/q+1;-1. The fraction of sp³-hybridized carbons (Fsp3) is 0.0952. The number of rotatable bonds is 4. The van der Waals surface area contributed by atoms with Crippen molar-refractivity contribution in [1.29, 1.82) is 0 Å². The van der Waals surface area contributed by atoms with Crippen LogP contribution >= 0.6 is 7.26 Å². The summed E-state index contributed by atoms with van der Waals surface area (Å²) in [5.41, 5.74) is 0. The molecule has 0 aliphatic heterocycles. The predicted molar refractivity (Wildman–Crippen MR) is 105 cm³/mol. The molecule has 0 unspecified atom stereocenters. The highest BCUT2D eigenvalue weighted by Gasteiger charge is 2.43. The molecule has 0 spiro atoms. The Morgan fingerprint density at radius 2 is 0.958 bits per heavy atom. The molecule has 3 rings (SSSR count). The van der Waals surface area contributed by atoms with Crippen LogP contribution in [0.25, 0.3) is 5.41 Å². The third kappa shape index (κ3) is 3.68. The number of nitrogens with zero attached hydrogens (tertiary/aromatic N) is 1. The van der Waals surface area contributed by atoms with Crippen molar-refractivity contribution < 1.29 is 4.79 Å². The lowest BCUT2D eigenvalue weighted by atomic mass is 10.4. The van der Waals surface area contributed by atoms with Crippen molar-refractivity contribution in [1.82, 2.24) is 0 Å². The molecule has 0 bridgehead atoms. The summed E-state index contributed by atoms with van der Waals surface area (Å²) in [5, 5.41) is 11.2. The zero-order chi connectivity index (χ0) is 17.3. The topological polar surface area (TPSA) is 39.4 Å². The molecule has 120 valence electrons. The zero-order valence-corrected chi connectivity index (χ0v) is 14.6. The molecule has 24 heavy (non-hydrogen) atoms. The van der Waals surface area contributed by atoms with Crippen LogP contribution in [0.15, 0.2) is 91.0 Å². The van der Waals surface area contributed by atoms with Crippen molar-refractivity contribution in [3.63, 3.8) is 0 Å². The van der Waals surface area contributed by atoms with Crippen molar-refractivity contribution in [3.05, 3.63) is 96.4 Å². The van der Waals surface area contributed by atoms with Gasteiger partial charge in [-0.1, -0.05) is 54.6 Å². The molecule has 0 saturated carbocycles. The summed E-state index contributed by atoms with van der Waals surface area (Å²) in [7, 11) is -1.53. The molecule has 0 aliphatic rings. The maximum Gasteiger partial charge on any atom is 0.111 e. The van der Waals surface area contributed by atoms with Crippen LogP contribution in [0.1, 0.15) is 6.92 Å². The smallest absolute Gasteiger partial charge is 0.111 e. The first-order chi connectivity index (χ1) is 11.8. The van der Waals surface area contributed by atoms with Crippen molar-refractivity contribution in [2.45, 2.75) is 6.92 Å². The van der Waals surface area contributed by atoms with E-state index in [-0.39, 0.29) is 0 Å². The van der Waals surface area contributed by atoms with Gasteiger partial charge in [0.05, 0.1) is 6.16 Å². The lowest BCUT2D eigenvalue weighted by Crippen LogP contribution is -2.32. The van der Waals surface area contributed by atoms with Crippen molar-refractivity contribution in [2.24, 2.45) is 0 Å². The molecule has 0 amide bonds. The molecule has 2 nitrogen and oxygen atoms in total. The molecule has 0 N–H and O–H groups in total. The van der Waals surface area contributed by atoms with Crippen LogP contribution in [0.2, 0.25) is 0 Å². The molecule has 0 radical (unpaired) electrons. The monoisotopic (exact) mass is 333 g/mol. The zero-order valence-electron chi connectivity index (χ0n) is 13.7. The molecular formula is C21H20NOP. The Labute approximate surface area is 144 Å². The van der Waals surface area contributed by atoms with Gasteiger partial charge in [0.15, 0.2) is 0 Å². The highest BCUT2D eigenvalue weighted by Crippen LogP contribution is 2.54. The van der Waals surface area contributed by atoms with Gasteiger partial charge in [-0.25, -0.2) is 0 Å². The van der Waals surface area contributed by atoms with Crippen LogP contribution < -0.4 is 15.9 Å². The van der Waals surface area contributed by atoms with Crippen molar-refractivity contribution >= 4 is 29.3 Å². The average molecular weight is 333 g/mol. The van der Waals surface area contributed by atoms with Crippen LogP contribution in [0.5, 0.6) is 0 Å². The highest BCUT2D eigenvalue weighted by molar-refractivity contribution is 7.95. The van der Waals surface area contributed by atoms with Gasteiger partial charge in [0.25, 0.3) is 0 Å². The van der Waals surface area contributed by atoms with Crippen LogP contribution in [0.4, 0.5) is 0 Å². The van der Waals surface area contributed by atoms with E-state index >= 15 is 0 Å². The van der Waals surface area contributed by atoms with E-state index in [0.29, 0.717) is 6.08 Å². The summed E-state index contributed by atoms with van der Waals surface area (Å²) >= 11 is 0. The fourth-order valence-electron chi connectivity index (χ4n) is 3.04. The lowest BCUT2D eigenvalue weighted by molar-refractivity contribution is 0.569. The molecule has 3 heteroatoms.